The van der Waals surface area contributed by atoms with Gasteiger partial charge in [0.1, 0.15) is 28.8 Å². The summed E-state index contributed by atoms with van der Waals surface area (Å²) in [6.07, 6.45) is 1.41. The Balaban J connectivity index is 1.03. The maximum Gasteiger partial charge on any atom is 0.206 e. The summed E-state index contributed by atoms with van der Waals surface area (Å²) in [6.45, 7) is 7.85. The third kappa shape index (κ3) is 5.66. The van der Waals surface area contributed by atoms with Crippen molar-refractivity contribution in [2.24, 2.45) is 23.7 Å². The van der Waals surface area contributed by atoms with E-state index in [9.17, 15) is 59.7 Å². The minimum atomic E-state index is -2.50. The lowest BCUT2D eigenvalue weighted by atomic mass is 9.57. The van der Waals surface area contributed by atoms with E-state index >= 15 is 0 Å². The second kappa shape index (κ2) is 14.1. The number of rotatable bonds is 3. The molecule has 306 valence electrons. The fourth-order valence-electron chi connectivity index (χ4n) is 10.6. The van der Waals surface area contributed by atoms with Gasteiger partial charge in [0, 0.05) is 53.4 Å². The van der Waals surface area contributed by atoms with Gasteiger partial charge in [-0.3, -0.25) is 24.0 Å². The van der Waals surface area contributed by atoms with Gasteiger partial charge in [-0.2, -0.15) is 0 Å². The fourth-order valence-corrected chi connectivity index (χ4v) is 10.6. The average Bonchev–Trinajstić information content (AvgIpc) is 3.17. The number of phenols is 2. The maximum absolute atomic E-state index is 14.0. The van der Waals surface area contributed by atoms with E-state index in [0.717, 1.165) is 0 Å². The van der Waals surface area contributed by atoms with E-state index in [0.29, 0.717) is 40.7 Å². The predicted molar refractivity (Wildman–Crippen MR) is 216 cm³/mol. The Morgan fingerprint density at radius 1 is 0.667 bits per heavy atom. The topological polar surface area (TPSA) is 227 Å². The molecule has 12 nitrogen and oxygen atoms in total. The smallest absolute Gasteiger partial charge is 0.206 e. The number of benzene rings is 2. The van der Waals surface area contributed by atoms with E-state index in [1.165, 1.54) is 26.0 Å². The number of aliphatic hydroxyl groups is 5. The van der Waals surface area contributed by atoms with Gasteiger partial charge in [0.05, 0.1) is 22.3 Å². The minimum absolute atomic E-state index is 0.00517. The largest absolute Gasteiger partial charge is 0.512 e. The molecule has 7 N–H and O–H groups in total. The SMILES string of the molecule is C=C1C(C(C)=O)=C(O)C[C@@H]2C[C@@H]3Cc4c(C#CCCC#Cc5ccc(O)c6c5C[C@H]5C[C@H]7CC(C)=C(C(C)=O)C(=O)[C@@]7(O)C(=O)C5=C6O)ccc(O)c4C(O)=C3C(=O)[C@]12O. The molecule has 12 heteroatoms. The number of ketones is 5. The molecule has 2 aromatic rings. The molecule has 0 bridgehead atoms. The molecule has 2 saturated carbocycles. The number of aliphatic hydroxyl groups excluding tert-OH is 3. The lowest BCUT2D eigenvalue weighted by Gasteiger charge is -2.48. The normalized spacial score (nSPS) is 28.0. The Kier molecular flexibility index (Phi) is 9.46. The first-order valence-electron chi connectivity index (χ1n) is 19.8. The summed E-state index contributed by atoms with van der Waals surface area (Å²) < 4.78 is 0. The van der Waals surface area contributed by atoms with Crippen LogP contribution in [0.2, 0.25) is 0 Å². The molecule has 60 heavy (non-hydrogen) atoms. The number of fused-ring (bicyclic) bond motifs is 6. The van der Waals surface area contributed by atoms with Gasteiger partial charge in [-0.1, -0.05) is 35.8 Å². The van der Waals surface area contributed by atoms with Crippen molar-refractivity contribution in [2.75, 3.05) is 0 Å². The van der Waals surface area contributed by atoms with Crippen LogP contribution in [0.5, 0.6) is 11.5 Å². The van der Waals surface area contributed by atoms with Crippen molar-refractivity contribution in [3.05, 3.63) is 103 Å². The van der Waals surface area contributed by atoms with E-state index in [1.54, 1.807) is 19.1 Å². The van der Waals surface area contributed by atoms with E-state index in [4.69, 9.17) is 0 Å². The molecule has 0 radical (unpaired) electrons. The molecule has 2 aromatic carbocycles. The van der Waals surface area contributed by atoms with E-state index in [-0.39, 0.29) is 94.8 Å². The van der Waals surface area contributed by atoms with Gasteiger partial charge >= 0.3 is 0 Å². The molecule has 0 aromatic heterocycles. The van der Waals surface area contributed by atoms with Crippen LogP contribution in [0.15, 0.2) is 70.0 Å². The Hall–Kier alpha value is -6.47. The van der Waals surface area contributed by atoms with E-state index in [1.807, 2.05) is 0 Å². The van der Waals surface area contributed by atoms with Crippen LogP contribution in [0.4, 0.5) is 0 Å². The predicted octanol–water partition coefficient (Wildman–Crippen LogP) is 5.04. The van der Waals surface area contributed by atoms with Crippen molar-refractivity contribution >= 4 is 40.4 Å². The molecular weight excluding hydrogens is 769 g/mol. The van der Waals surface area contributed by atoms with Crippen LogP contribution in [-0.2, 0) is 36.8 Å². The summed E-state index contributed by atoms with van der Waals surface area (Å²) in [5.41, 5.74) is -2.98. The van der Waals surface area contributed by atoms with Crippen molar-refractivity contribution in [3.8, 4) is 35.2 Å². The van der Waals surface area contributed by atoms with Crippen molar-refractivity contribution < 1.29 is 59.7 Å². The van der Waals surface area contributed by atoms with Crippen molar-refractivity contribution in [1.29, 1.82) is 0 Å². The number of carbonyl (C=O) groups excluding carboxylic acids is 5. The maximum atomic E-state index is 14.0. The Bertz CT molecular complexity index is 2530. The summed E-state index contributed by atoms with van der Waals surface area (Å²) in [6, 6.07) is 5.92. The quantitative estimate of drug-likeness (QED) is 0.0937. The highest BCUT2D eigenvalue weighted by molar-refractivity contribution is 6.33. The van der Waals surface area contributed by atoms with E-state index in [2.05, 4.69) is 30.3 Å². The lowest BCUT2D eigenvalue weighted by molar-refractivity contribution is -0.157. The Morgan fingerprint density at radius 3 is 1.58 bits per heavy atom. The number of hydrogen-bond acceptors (Lipinski definition) is 12. The number of aromatic hydroxyl groups is 2. The van der Waals surface area contributed by atoms with Gasteiger partial charge in [-0.05, 0) is 106 Å². The monoisotopic (exact) mass is 810 g/mol. The van der Waals surface area contributed by atoms with Crippen LogP contribution in [0, 0.1) is 47.4 Å². The molecule has 8 rings (SSSR count). The fraction of sp³-hybridized carbons (Fsp3) is 0.354. The highest BCUT2D eigenvalue weighted by Gasteiger charge is 2.61. The average molecular weight is 811 g/mol. The first-order chi connectivity index (χ1) is 28.3. The lowest BCUT2D eigenvalue weighted by Crippen LogP contribution is -2.61. The van der Waals surface area contributed by atoms with Gasteiger partial charge < -0.3 is 35.7 Å². The molecule has 0 amide bonds. The molecule has 2 fully saturated rings. The van der Waals surface area contributed by atoms with Crippen molar-refractivity contribution in [2.45, 2.75) is 83.3 Å². The number of hydrogen-bond donors (Lipinski definition) is 7. The standard InChI is InChI=1S/C48H42O12/c1-21-15-29-16-27-18-31-25(12-14-34(52)41(31)43(55)39(27)46(58)48(29,60)44(56)36(21)23(3)49)9-7-5-6-8-10-26-11-13-33(51)40-32(26)19-28-17-30-20-35(53)37(24(4)50)22(2)47(30,59)45(57)38(28)42(40)54/h11-14,27-30,51-55,59-60H,2,5-6,15-20H2,1,3-4H3/t27-,28-,29-,30+,47+,48-/m1/s1. The zero-order valence-corrected chi connectivity index (χ0v) is 33.2. The number of unbranched alkanes of at least 4 members (excludes halogenated alkanes) is 1. The van der Waals surface area contributed by atoms with Crippen molar-refractivity contribution in [1.82, 2.24) is 0 Å². The molecule has 6 aliphatic carbocycles. The molecule has 0 aliphatic heterocycles. The van der Waals surface area contributed by atoms with Crippen LogP contribution in [0.1, 0.15) is 92.7 Å². The van der Waals surface area contributed by atoms with E-state index < -0.39 is 75.3 Å². The zero-order chi connectivity index (χ0) is 43.3. The number of Topliss-reactive ketones (excluding diaryl/α,β-unsaturated/α-hetero) is 5. The zero-order valence-electron chi connectivity index (χ0n) is 33.2. The van der Waals surface area contributed by atoms with Gasteiger partial charge in [0.2, 0.25) is 11.6 Å². The molecule has 6 atom stereocenters. The Labute approximate surface area is 345 Å². The summed E-state index contributed by atoms with van der Waals surface area (Å²) in [5.74, 6) is 3.89. The third-order valence-corrected chi connectivity index (χ3v) is 13.4. The first kappa shape index (κ1) is 40.3. The molecule has 6 aliphatic rings. The van der Waals surface area contributed by atoms with Gasteiger partial charge in [-0.15, -0.1) is 0 Å². The minimum Gasteiger partial charge on any atom is -0.512 e. The van der Waals surface area contributed by atoms with Crippen molar-refractivity contribution in [3.63, 3.8) is 0 Å². The summed E-state index contributed by atoms with van der Waals surface area (Å²) in [7, 11) is 0. The second-order valence-corrected chi connectivity index (χ2v) is 16.8. The summed E-state index contributed by atoms with van der Waals surface area (Å²) in [5, 5.41) is 78.6. The third-order valence-electron chi connectivity index (χ3n) is 13.4. The Morgan fingerprint density at radius 2 is 1.12 bits per heavy atom. The molecule has 0 unspecified atom stereocenters. The van der Waals surface area contributed by atoms with Gasteiger partial charge in [0.25, 0.3) is 0 Å². The highest BCUT2D eigenvalue weighted by Crippen LogP contribution is 2.55. The summed E-state index contributed by atoms with van der Waals surface area (Å²) in [4.78, 5) is 65.8. The molecule has 0 saturated heterocycles. The number of allylic oxidation sites excluding steroid dienone is 2. The summed E-state index contributed by atoms with van der Waals surface area (Å²) >= 11 is 0. The van der Waals surface area contributed by atoms with Gasteiger partial charge in [-0.25, -0.2) is 0 Å². The second-order valence-electron chi connectivity index (χ2n) is 16.8. The van der Waals surface area contributed by atoms with Crippen LogP contribution in [0.3, 0.4) is 0 Å². The van der Waals surface area contributed by atoms with Crippen LogP contribution in [-0.4, -0.2) is 75.9 Å². The molecule has 0 spiro atoms. The van der Waals surface area contributed by atoms with Crippen LogP contribution in [0.25, 0.3) is 11.5 Å². The highest BCUT2D eigenvalue weighted by atomic mass is 16.3. The van der Waals surface area contributed by atoms with Crippen LogP contribution >= 0.6 is 0 Å². The molecular formula is C48H42O12. The number of carbonyl (C=O) groups is 5. The first-order valence-corrected chi connectivity index (χ1v) is 19.8. The van der Waals surface area contributed by atoms with Gasteiger partial charge in [0.15, 0.2) is 28.6 Å². The number of phenolic OH excluding ortho intramolecular Hbond substituents is 2. The van der Waals surface area contributed by atoms with Crippen LogP contribution < -0.4 is 0 Å². The molecule has 0 heterocycles.